The molecule has 0 aliphatic rings. The van der Waals surface area contributed by atoms with E-state index in [1.54, 1.807) is 36.4 Å². The van der Waals surface area contributed by atoms with Gasteiger partial charge in [-0.1, -0.05) is 6.07 Å². The van der Waals surface area contributed by atoms with E-state index in [4.69, 9.17) is 5.73 Å². The van der Waals surface area contributed by atoms with Crippen LogP contribution >= 0.6 is 0 Å². The van der Waals surface area contributed by atoms with Gasteiger partial charge in [0.25, 0.3) is 5.91 Å². The monoisotopic (exact) mass is 298 g/mol. The Morgan fingerprint density at radius 2 is 1.55 bits per heavy atom. The van der Waals surface area contributed by atoms with Crippen molar-refractivity contribution in [1.82, 2.24) is 0 Å². The van der Waals surface area contributed by atoms with Gasteiger partial charge in [-0.05, 0) is 42.5 Å². The number of carbonyl (C=O) groups is 2. The van der Waals surface area contributed by atoms with Crippen LogP contribution in [0.2, 0.25) is 0 Å². The number of benzene rings is 2. The summed E-state index contributed by atoms with van der Waals surface area (Å²) in [4.78, 5) is 25.0. The summed E-state index contributed by atoms with van der Waals surface area (Å²) in [5.41, 5.74) is 7.73. The third kappa shape index (κ3) is 3.99. The first-order valence-electron chi connectivity index (χ1n) is 6.71. The average molecular weight is 298 g/mol. The van der Waals surface area contributed by atoms with E-state index in [1.165, 1.54) is 0 Å². The number of anilines is 3. The van der Waals surface area contributed by atoms with E-state index >= 15 is 0 Å². The van der Waals surface area contributed by atoms with Crippen LogP contribution in [0.5, 0.6) is 0 Å². The second kappa shape index (κ2) is 6.62. The summed E-state index contributed by atoms with van der Waals surface area (Å²) >= 11 is 0. The maximum absolute atomic E-state index is 12.2. The molecule has 2 aromatic carbocycles. The van der Waals surface area contributed by atoms with Crippen molar-refractivity contribution < 1.29 is 9.59 Å². The molecule has 3 amide bonds. The van der Waals surface area contributed by atoms with Crippen molar-refractivity contribution in [2.24, 2.45) is 5.73 Å². The number of nitrogens with two attached hydrogens (primary N) is 1. The molecule has 0 aliphatic heterocycles. The van der Waals surface area contributed by atoms with E-state index in [-0.39, 0.29) is 5.91 Å². The molecule has 0 aromatic heterocycles. The van der Waals surface area contributed by atoms with Crippen LogP contribution in [-0.4, -0.2) is 26.0 Å². The molecule has 6 nitrogen and oxygen atoms in total. The zero-order chi connectivity index (χ0) is 16.1. The molecular weight excluding hydrogens is 280 g/mol. The number of nitrogens with zero attached hydrogens (tertiary/aromatic N) is 1. The highest BCUT2D eigenvalue weighted by molar-refractivity contribution is 6.04. The van der Waals surface area contributed by atoms with Crippen LogP contribution in [0.15, 0.2) is 48.5 Å². The lowest BCUT2D eigenvalue weighted by atomic mass is 10.2. The number of rotatable bonds is 4. The SMILES string of the molecule is CN(C)c1ccc(C(=O)Nc2cccc(NC(N)=O)c2)cc1. The van der Waals surface area contributed by atoms with Crippen molar-refractivity contribution >= 4 is 29.0 Å². The molecule has 114 valence electrons. The molecule has 2 aromatic rings. The summed E-state index contributed by atoms with van der Waals surface area (Å²) in [6.45, 7) is 0. The molecule has 6 heteroatoms. The van der Waals surface area contributed by atoms with Gasteiger partial charge in [-0.2, -0.15) is 0 Å². The number of urea groups is 1. The first kappa shape index (κ1) is 15.4. The predicted molar refractivity (Wildman–Crippen MR) is 88.4 cm³/mol. The van der Waals surface area contributed by atoms with Crippen LogP contribution in [-0.2, 0) is 0 Å². The fourth-order valence-electron chi connectivity index (χ4n) is 1.93. The average Bonchev–Trinajstić information content (AvgIpc) is 2.47. The van der Waals surface area contributed by atoms with Crippen LogP contribution in [0.25, 0.3) is 0 Å². The highest BCUT2D eigenvalue weighted by atomic mass is 16.2. The lowest BCUT2D eigenvalue weighted by molar-refractivity contribution is 0.102. The van der Waals surface area contributed by atoms with Gasteiger partial charge in [0.05, 0.1) is 0 Å². The molecule has 0 heterocycles. The van der Waals surface area contributed by atoms with Crippen LogP contribution < -0.4 is 21.3 Å². The van der Waals surface area contributed by atoms with Gasteiger partial charge in [0.1, 0.15) is 0 Å². The second-order valence-corrected chi connectivity index (χ2v) is 4.97. The predicted octanol–water partition coefficient (Wildman–Crippen LogP) is 2.50. The molecule has 0 radical (unpaired) electrons. The Morgan fingerprint density at radius 3 is 2.09 bits per heavy atom. The van der Waals surface area contributed by atoms with Crippen molar-refractivity contribution in [3.8, 4) is 0 Å². The Hall–Kier alpha value is -3.02. The third-order valence-corrected chi connectivity index (χ3v) is 3.03. The Labute approximate surface area is 128 Å². The van der Waals surface area contributed by atoms with Crippen molar-refractivity contribution in [2.75, 3.05) is 29.6 Å². The normalized spacial score (nSPS) is 9.91. The van der Waals surface area contributed by atoms with Crippen molar-refractivity contribution in [3.63, 3.8) is 0 Å². The van der Waals surface area contributed by atoms with Gasteiger partial charge in [-0.25, -0.2) is 4.79 Å². The number of nitrogens with one attached hydrogen (secondary N) is 2. The minimum Gasteiger partial charge on any atom is -0.378 e. The number of carbonyl (C=O) groups excluding carboxylic acids is 2. The highest BCUT2D eigenvalue weighted by Crippen LogP contribution is 2.17. The number of hydrogen-bond acceptors (Lipinski definition) is 3. The van der Waals surface area contributed by atoms with Gasteiger partial charge in [0.2, 0.25) is 0 Å². The Morgan fingerprint density at radius 1 is 0.955 bits per heavy atom. The quantitative estimate of drug-likeness (QED) is 0.810. The Balaban J connectivity index is 2.09. The van der Waals surface area contributed by atoms with Gasteiger partial charge in [-0.3, -0.25) is 4.79 Å². The first-order chi connectivity index (χ1) is 10.5. The van der Waals surface area contributed by atoms with Crippen LogP contribution in [0.3, 0.4) is 0 Å². The van der Waals surface area contributed by atoms with Crippen LogP contribution in [0.4, 0.5) is 21.9 Å². The summed E-state index contributed by atoms with van der Waals surface area (Å²) in [5.74, 6) is -0.221. The van der Waals surface area contributed by atoms with E-state index in [9.17, 15) is 9.59 Å². The van der Waals surface area contributed by atoms with E-state index in [2.05, 4.69) is 10.6 Å². The van der Waals surface area contributed by atoms with Crippen molar-refractivity contribution in [3.05, 3.63) is 54.1 Å². The first-order valence-corrected chi connectivity index (χ1v) is 6.71. The summed E-state index contributed by atoms with van der Waals surface area (Å²) in [6, 6.07) is 13.4. The largest absolute Gasteiger partial charge is 0.378 e. The van der Waals surface area contributed by atoms with E-state index < -0.39 is 6.03 Å². The highest BCUT2D eigenvalue weighted by Gasteiger charge is 2.07. The molecule has 0 saturated carbocycles. The number of hydrogen-bond donors (Lipinski definition) is 3. The molecule has 0 spiro atoms. The molecular formula is C16H18N4O2. The molecule has 0 bridgehead atoms. The number of amides is 3. The molecule has 2 rings (SSSR count). The molecule has 0 fully saturated rings. The molecule has 0 aliphatic carbocycles. The summed E-state index contributed by atoms with van der Waals surface area (Å²) in [6.07, 6.45) is 0. The fourth-order valence-corrected chi connectivity index (χ4v) is 1.93. The molecule has 0 atom stereocenters. The Kier molecular flexibility index (Phi) is 4.63. The van der Waals surface area contributed by atoms with E-state index in [1.807, 2.05) is 31.1 Å². The summed E-state index contributed by atoms with van der Waals surface area (Å²) in [7, 11) is 3.87. The Bertz CT molecular complexity index is 681. The summed E-state index contributed by atoms with van der Waals surface area (Å²) in [5, 5.41) is 5.24. The second-order valence-electron chi connectivity index (χ2n) is 4.97. The van der Waals surface area contributed by atoms with Gasteiger partial charge in [0, 0.05) is 36.7 Å². The zero-order valence-electron chi connectivity index (χ0n) is 12.5. The standard InChI is InChI=1S/C16H18N4O2/c1-20(2)14-8-6-11(7-9-14)15(21)18-12-4-3-5-13(10-12)19-16(17)22/h3-10H,1-2H3,(H,18,21)(H3,17,19,22). The zero-order valence-corrected chi connectivity index (χ0v) is 12.5. The fraction of sp³-hybridized carbons (Fsp3) is 0.125. The van der Waals surface area contributed by atoms with Gasteiger partial charge in [0.15, 0.2) is 0 Å². The molecule has 4 N–H and O–H groups in total. The lowest BCUT2D eigenvalue weighted by Gasteiger charge is -2.13. The summed E-state index contributed by atoms with van der Waals surface area (Å²) < 4.78 is 0. The minimum atomic E-state index is -0.650. The van der Waals surface area contributed by atoms with E-state index in [0.29, 0.717) is 16.9 Å². The number of primary amides is 1. The molecule has 22 heavy (non-hydrogen) atoms. The van der Waals surface area contributed by atoms with Gasteiger partial charge < -0.3 is 21.3 Å². The van der Waals surface area contributed by atoms with Crippen LogP contribution in [0, 0.1) is 0 Å². The maximum Gasteiger partial charge on any atom is 0.316 e. The molecule has 0 saturated heterocycles. The van der Waals surface area contributed by atoms with Gasteiger partial charge in [-0.15, -0.1) is 0 Å². The van der Waals surface area contributed by atoms with E-state index in [0.717, 1.165) is 5.69 Å². The topological polar surface area (TPSA) is 87.5 Å². The minimum absolute atomic E-state index is 0.221. The van der Waals surface area contributed by atoms with Crippen LogP contribution in [0.1, 0.15) is 10.4 Å². The van der Waals surface area contributed by atoms with Crippen molar-refractivity contribution in [1.29, 1.82) is 0 Å². The smallest absolute Gasteiger partial charge is 0.316 e. The molecule has 0 unspecified atom stereocenters. The third-order valence-electron chi connectivity index (χ3n) is 3.03. The maximum atomic E-state index is 12.2. The van der Waals surface area contributed by atoms with Gasteiger partial charge >= 0.3 is 6.03 Å². The lowest BCUT2D eigenvalue weighted by Crippen LogP contribution is -2.19. The van der Waals surface area contributed by atoms with Crippen molar-refractivity contribution in [2.45, 2.75) is 0 Å².